The molecule has 0 radical (unpaired) electrons. The summed E-state index contributed by atoms with van der Waals surface area (Å²) in [6.07, 6.45) is 3.95. The maximum Gasteiger partial charge on any atom is 0.252 e. The zero-order valence-corrected chi connectivity index (χ0v) is 14.7. The molecule has 2 N–H and O–H groups in total. The first kappa shape index (κ1) is 16.9. The van der Waals surface area contributed by atoms with Gasteiger partial charge in [0.2, 0.25) is 5.95 Å². The molecule has 6 nitrogen and oxygen atoms in total. The number of carbonyl (C=O) groups is 1. The highest BCUT2D eigenvalue weighted by molar-refractivity contribution is 7.10. The van der Waals surface area contributed by atoms with Crippen LogP contribution in [0.1, 0.15) is 41.4 Å². The van der Waals surface area contributed by atoms with Gasteiger partial charge in [-0.05, 0) is 24.5 Å². The number of amides is 1. The number of carbonyl (C=O) groups excluding carboxylic acids is 1. The van der Waals surface area contributed by atoms with Gasteiger partial charge in [-0.15, -0.1) is 11.3 Å². The average molecular weight is 346 g/mol. The van der Waals surface area contributed by atoms with E-state index >= 15 is 0 Å². The van der Waals surface area contributed by atoms with E-state index in [9.17, 15) is 9.90 Å². The van der Waals surface area contributed by atoms with Gasteiger partial charge in [0.05, 0.1) is 12.1 Å². The number of aromatic nitrogens is 2. The molecule has 1 saturated heterocycles. The molecule has 0 aliphatic carbocycles. The van der Waals surface area contributed by atoms with Crippen molar-refractivity contribution in [1.29, 1.82) is 0 Å². The molecule has 3 heterocycles. The monoisotopic (exact) mass is 346 g/mol. The topological polar surface area (TPSA) is 78.4 Å². The molecule has 0 saturated carbocycles. The molecule has 128 valence electrons. The lowest BCUT2D eigenvalue weighted by Crippen LogP contribution is -2.45. The molecule has 2 aromatic heterocycles. The van der Waals surface area contributed by atoms with Crippen molar-refractivity contribution >= 4 is 23.2 Å². The maximum absolute atomic E-state index is 12.3. The number of hydrogen-bond donors (Lipinski definition) is 2. The highest BCUT2D eigenvalue weighted by Crippen LogP contribution is 2.25. The van der Waals surface area contributed by atoms with Crippen LogP contribution in [0.15, 0.2) is 29.9 Å². The fourth-order valence-electron chi connectivity index (χ4n) is 2.75. The molecule has 1 atom stereocenters. The van der Waals surface area contributed by atoms with Crippen molar-refractivity contribution in [3.05, 3.63) is 40.3 Å². The summed E-state index contributed by atoms with van der Waals surface area (Å²) in [6, 6.07) is 3.69. The van der Waals surface area contributed by atoms with E-state index in [1.165, 1.54) is 4.88 Å². The van der Waals surface area contributed by atoms with Crippen LogP contribution in [0.5, 0.6) is 0 Å². The first-order valence-corrected chi connectivity index (χ1v) is 8.96. The molecule has 7 heteroatoms. The highest BCUT2D eigenvalue weighted by atomic mass is 32.1. The van der Waals surface area contributed by atoms with Crippen LogP contribution in [-0.2, 0) is 0 Å². The van der Waals surface area contributed by atoms with Gasteiger partial charge in [-0.3, -0.25) is 4.79 Å². The standard InChI is InChI=1S/C17H22N4O2S/c1-12(2)14-8-13(9-24-14)15(22)20-10-17(23)4-7-21(11-17)16-18-5-3-6-19-16/h3,5-6,8-9,12,23H,4,7,10-11H2,1-2H3,(H,20,22)/t17-/m0/s1. The number of rotatable bonds is 5. The SMILES string of the molecule is CC(C)c1cc(C(=O)NC[C@@]2(O)CCN(c3ncccn3)C2)cs1. The number of aliphatic hydroxyl groups is 1. The Hall–Kier alpha value is -1.99. The zero-order chi connectivity index (χ0) is 17.2. The number of nitrogens with one attached hydrogen (secondary N) is 1. The molecule has 1 aliphatic rings. The molecule has 3 rings (SSSR count). The largest absolute Gasteiger partial charge is 0.386 e. The summed E-state index contributed by atoms with van der Waals surface area (Å²) in [5.74, 6) is 0.884. The number of β-amino-alcohol motifs (C(OH)–C–C–N with tert-alkyl or cyclic N) is 1. The minimum absolute atomic E-state index is 0.138. The Bertz CT molecular complexity index is 704. The first-order valence-electron chi connectivity index (χ1n) is 8.08. The van der Waals surface area contributed by atoms with Crippen molar-refractivity contribution in [3.8, 4) is 0 Å². The van der Waals surface area contributed by atoms with Gasteiger partial charge in [-0.25, -0.2) is 9.97 Å². The quantitative estimate of drug-likeness (QED) is 0.866. The van der Waals surface area contributed by atoms with E-state index in [2.05, 4.69) is 29.1 Å². The normalized spacial score (nSPS) is 20.6. The molecule has 2 aromatic rings. The minimum atomic E-state index is -0.953. The average Bonchev–Trinajstić information content (AvgIpc) is 3.21. The fraction of sp³-hybridized carbons (Fsp3) is 0.471. The van der Waals surface area contributed by atoms with E-state index in [1.807, 2.05) is 16.3 Å². The Morgan fingerprint density at radius 2 is 2.21 bits per heavy atom. The van der Waals surface area contributed by atoms with Crippen molar-refractivity contribution in [2.45, 2.75) is 31.8 Å². The third kappa shape index (κ3) is 3.73. The van der Waals surface area contributed by atoms with E-state index in [1.54, 1.807) is 29.8 Å². The maximum atomic E-state index is 12.3. The van der Waals surface area contributed by atoms with Gasteiger partial charge in [0.15, 0.2) is 0 Å². The number of thiophene rings is 1. The molecular formula is C17H22N4O2S. The smallest absolute Gasteiger partial charge is 0.252 e. The Morgan fingerprint density at radius 1 is 1.46 bits per heavy atom. The summed E-state index contributed by atoms with van der Waals surface area (Å²) < 4.78 is 0. The Labute approximate surface area is 145 Å². The summed E-state index contributed by atoms with van der Waals surface area (Å²) in [6.45, 7) is 5.52. The van der Waals surface area contributed by atoms with Crippen LogP contribution < -0.4 is 10.2 Å². The van der Waals surface area contributed by atoms with Gasteiger partial charge in [-0.2, -0.15) is 0 Å². The Balaban J connectivity index is 1.57. The molecule has 24 heavy (non-hydrogen) atoms. The van der Waals surface area contributed by atoms with Crippen LogP contribution in [0.25, 0.3) is 0 Å². The van der Waals surface area contributed by atoms with Gasteiger partial charge >= 0.3 is 0 Å². The van der Waals surface area contributed by atoms with Gasteiger partial charge in [-0.1, -0.05) is 13.8 Å². The highest BCUT2D eigenvalue weighted by Gasteiger charge is 2.37. The lowest BCUT2D eigenvalue weighted by molar-refractivity contribution is 0.0575. The molecule has 0 bridgehead atoms. The van der Waals surface area contributed by atoms with Crippen LogP contribution >= 0.6 is 11.3 Å². The third-order valence-corrected chi connectivity index (χ3v) is 5.43. The molecule has 1 aliphatic heterocycles. The predicted octanol–water partition coefficient (Wildman–Crippen LogP) is 2.03. The minimum Gasteiger partial charge on any atom is -0.386 e. The van der Waals surface area contributed by atoms with Crippen LogP contribution in [0.4, 0.5) is 5.95 Å². The van der Waals surface area contributed by atoms with Gasteiger partial charge in [0, 0.05) is 35.7 Å². The van der Waals surface area contributed by atoms with Gasteiger partial charge in [0.1, 0.15) is 5.60 Å². The van der Waals surface area contributed by atoms with Crippen molar-refractivity contribution in [3.63, 3.8) is 0 Å². The number of anilines is 1. The van der Waals surface area contributed by atoms with Crippen molar-refractivity contribution in [2.24, 2.45) is 0 Å². The molecule has 0 unspecified atom stereocenters. The first-order chi connectivity index (χ1) is 11.5. The van der Waals surface area contributed by atoms with E-state index in [0.717, 1.165) is 0 Å². The molecule has 0 spiro atoms. The zero-order valence-electron chi connectivity index (χ0n) is 13.9. The predicted molar refractivity (Wildman–Crippen MR) is 94.6 cm³/mol. The molecule has 1 fully saturated rings. The van der Waals surface area contributed by atoms with E-state index in [-0.39, 0.29) is 12.5 Å². The summed E-state index contributed by atoms with van der Waals surface area (Å²) >= 11 is 1.59. The second kappa shape index (κ2) is 6.86. The van der Waals surface area contributed by atoms with Crippen LogP contribution in [-0.4, -0.2) is 46.2 Å². The second-order valence-corrected chi connectivity index (χ2v) is 7.46. The van der Waals surface area contributed by atoms with E-state index in [4.69, 9.17) is 0 Å². The lowest BCUT2D eigenvalue weighted by Gasteiger charge is -2.23. The van der Waals surface area contributed by atoms with Crippen LogP contribution in [0, 0.1) is 0 Å². The fourth-order valence-corrected chi connectivity index (χ4v) is 3.65. The molecular weight excluding hydrogens is 324 g/mol. The van der Waals surface area contributed by atoms with Gasteiger partial charge < -0.3 is 15.3 Å². The third-order valence-electron chi connectivity index (χ3n) is 4.20. The Morgan fingerprint density at radius 3 is 2.88 bits per heavy atom. The second-order valence-electron chi connectivity index (χ2n) is 6.52. The van der Waals surface area contributed by atoms with Crippen molar-refractivity contribution in [1.82, 2.24) is 15.3 Å². The summed E-state index contributed by atoms with van der Waals surface area (Å²) in [5.41, 5.74) is -0.292. The van der Waals surface area contributed by atoms with Crippen molar-refractivity contribution < 1.29 is 9.90 Å². The summed E-state index contributed by atoms with van der Waals surface area (Å²) in [5, 5.41) is 15.4. The number of hydrogen-bond acceptors (Lipinski definition) is 6. The number of nitrogens with zero attached hydrogens (tertiary/aromatic N) is 3. The molecule has 1 amide bonds. The Kier molecular flexibility index (Phi) is 4.82. The summed E-state index contributed by atoms with van der Waals surface area (Å²) in [7, 11) is 0. The van der Waals surface area contributed by atoms with Crippen LogP contribution in [0.3, 0.4) is 0 Å². The lowest BCUT2D eigenvalue weighted by atomic mass is 10.0. The molecule has 0 aromatic carbocycles. The van der Waals surface area contributed by atoms with Gasteiger partial charge in [0.25, 0.3) is 5.91 Å². The van der Waals surface area contributed by atoms with Crippen LogP contribution in [0.2, 0.25) is 0 Å². The van der Waals surface area contributed by atoms with Crippen molar-refractivity contribution in [2.75, 3.05) is 24.5 Å². The van der Waals surface area contributed by atoms with E-state index < -0.39 is 5.60 Å². The van der Waals surface area contributed by atoms with E-state index in [0.29, 0.717) is 36.9 Å². The summed E-state index contributed by atoms with van der Waals surface area (Å²) in [4.78, 5) is 23.8.